The maximum atomic E-state index is 6.05. The number of nitrogens with zero attached hydrogens (tertiary/aromatic N) is 1. The summed E-state index contributed by atoms with van der Waals surface area (Å²) in [5.74, 6) is 2.18. The number of likely N-dealkylation sites (N-methyl/N-ethyl adjacent to an activating group) is 1. The summed E-state index contributed by atoms with van der Waals surface area (Å²) in [7, 11) is 2.26. The molecule has 0 aliphatic heterocycles. The van der Waals surface area contributed by atoms with Crippen LogP contribution in [0.4, 0.5) is 0 Å². The standard InChI is InChI=1S/C14H30N2S/c1-12(8-9-17-4)16(3)14(2,11-15)10-13-6-5-7-13/h12-13H,5-11,15H2,1-4H3. The summed E-state index contributed by atoms with van der Waals surface area (Å²) in [6.45, 7) is 5.47. The van der Waals surface area contributed by atoms with Crippen LogP contribution in [0.2, 0.25) is 0 Å². The van der Waals surface area contributed by atoms with Crippen molar-refractivity contribution in [3.05, 3.63) is 0 Å². The lowest BCUT2D eigenvalue weighted by atomic mass is 9.75. The Labute approximate surface area is 112 Å². The van der Waals surface area contributed by atoms with Crippen molar-refractivity contribution in [3.63, 3.8) is 0 Å². The smallest absolute Gasteiger partial charge is 0.0306 e. The minimum Gasteiger partial charge on any atom is -0.329 e. The van der Waals surface area contributed by atoms with Crippen LogP contribution in [-0.4, -0.2) is 42.1 Å². The van der Waals surface area contributed by atoms with E-state index < -0.39 is 0 Å². The zero-order valence-corrected chi connectivity index (χ0v) is 12.9. The third kappa shape index (κ3) is 4.15. The van der Waals surface area contributed by atoms with Crippen molar-refractivity contribution in [1.29, 1.82) is 0 Å². The van der Waals surface area contributed by atoms with Gasteiger partial charge in [-0.1, -0.05) is 19.3 Å². The van der Waals surface area contributed by atoms with Crippen molar-refractivity contribution in [3.8, 4) is 0 Å². The largest absolute Gasteiger partial charge is 0.329 e. The van der Waals surface area contributed by atoms with Crippen LogP contribution in [0.15, 0.2) is 0 Å². The number of hydrogen-bond donors (Lipinski definition) is 1. The molecule has 0 aromatic carbocycles. The van der Waals surface area contributed by atoms with Crippen molar-refractivity contribution in [2.45, 2.75) is 57.5 Å². The summed E-state index contributed by atoms with van der Waals surface area (Å²) in [5, 5.41) is 0. The second kappa shape index (κ2) is 7.01. The first-order valence-corrected chi connectivity index (χ1v) is 8.35. The number of nitrogens with two attached hydrogens (primary N) is 1. The fourth-order valence-electron chi connectivity index (χ4n) is 2.70. The van der Waals surface area contributed by atoms with Crippen LogP contribution in [0.3, 0.4) is 0 Å². The van der Waals surface area contributed by atoms with Gasteiger partial charge in [-0.2, -0.15) is 11.8 Å². The van der Waals surface area contributed by atoms with Gasteiger partial charge < -0.3 is 5.73 Å². The molecule has 0 heterocycles. The maximum absolute atomic E-state index is 6.05. The van der Waals surface area contributed by atoms with Crippen LogP contribution in [0.25, 0.3) is 0 Å². The summed E-state index contributed by atoms with van der Waals surface area (Å²) in [4.78, 5) is 2.53. The first kappa shape index (κ1) is 15.3. The molecule has 2 atom stereocenters. The average molecular weight is 258 g/mol. The predicted molar refractivity (Wildman–Crippen MR) is 79.6 cm³/mol. The summed E-state index contributed by atoms with van der Waals surface area (Å²) in [6.07, 6.45) is 8.99. The number of thioether (sulfide) groups is 1. The first-order chi connectivity index (χ1) is 8.03. The second-order valence-corrected chi connectivity index (χ2v) is 6.93. The molecule has 0 aromatic rings. The van der Waals surface area contributed by atoms with E-state index in [0.717, 1.165) is 12.5 Å². The maximum Gasteiger partial charge on any atom is 0.0306 e. The Morgan fingerprint density at radius 2 is 2.12 bits per heavy atom. The fourth-order valence-corrected chi connectivity index (χ4v) is 3.28. The van der Waals surface area contributed by atoms with Crippen LogP contribution < -0.4 is 5.73 Å². The molecule has 0 radical (unpaired) electrons. The van der Waals surface area contributed by atoms with Crippen molar-refractivity contribution in [2.75, 3.05) is 25.6 Å². The highest BCUT2D eigenvalue weighted by molar-refractivity contribution is 7.98. The van der Waals surface area contributed by atoms with Crippen LogP contribution in [0.5, 0.6) is 0 Å². The minimum absolute atomic E-state index is 0.197. The Balaban J connectivity index is 2.50. The third-order valence-electron chi connectivity index (χ3n) is 4.65. The van der Waals surface area contributed by atoms with E-state index in [4.69, 9.17) is 5.73 Å². The Hall–Kier alpha value is 0.270. The molecule has 2 unspecified atom stereocenters. The lowest BCUT2D eigenvalue weighted by Gasteiger charge is -2.45. The van der Waals surface area contributed by atoms with Gasteiger partial charge in [-0.15, -0.1) is 0 Å². The SMILES string of the molecule is CSCCC(C)N(C)C(C)(CN)CC1CCC1. The van der Waals surface area contributed by atoms with Gasteiger partial charge in [0.15, 0.2) is 0 Å². The molecule has 0 bridgehead atoms. The van der Waals surface area contributed by atoms with Crippen LogP contribution >= 0.6 is 11.8 Å². The Morgan fingerprint density at radius 1 is 1.47 bits per heavy atom. The van der Waals surface area contributed by atoms with Crippen LogP contribution in [0.1, 0.15) is 46.0 Å². The highest BCUT2D eigenvalue weighted by Crippen LogP contribution is 2.36. The molecule has 102 valence electrons. The van der Waals surface area contributed by atoms with Crippen molar-refractivity contribution in [2.24, 2.45) is 11.7 Å². The molecule has 1 rings (SSSR count). The van der Waals surface area contributed by atoms with Crippen molar-refractivity contribution in [1.82, 2.24) is 4.90 Å². The normalized spacial score (nSPS) is 22.2. The third-order valence-corrected chi connectivity index (χ3v) is 5.29. The van der Waals surface area contributed by atoms with Gasteiger partial charge in [-0.25, -0.2) is 0 Å². The van der Waals surface area contributed by atoms with Crippen molar-refractivity contribution < 1.29 is 0 Å². The Kier molecular flexibility index (Phi) is 6.32. The van der Waals surface area contributed by atoms with Gasteiger partial charge in [0.05, 0.1) is 0 Å². The Morgan fingerprint density at radius 3 is 2.53 bits per heavy atom. The van der Waals surface area contributed by atoms with E-state index in [1.807, 2.05) is 11.8 Å². The molecular formula is C14H30N2S. The van der Waals surface area contributed by atoms with Gasteiger partial charge in [0.25, 0.3) is 0 Å². The molecule has 0 saturated heterocycles. The Bertz CT molecular complexity index is 218. The highest BCUT2D eigenvalue weighted by atomic mass is 32.2. The number of hydrogen-bond acceptors (Lipinski definition) is 3. The molecule has 0 spiro atoms. The van der Waals surface area contributed by atoms with Gasteiger partial charge in [0, 0.05) is 18.1 Å². The summed E-state index contributed by atoms with van der Waals surface area (Å²) in [6, 6.07) is 0.635. The molecule has 1 fully saturated rings. The molecule has 1 aliphatic carbocycles. The van der Waals surface area contributed by atoms with E-state index >= 15 is 0 Å². The molecular weight excluding hydrogens is 228 g/mol. The van der Waals surface area contributed by atoms with Crippen molar-refractivity contribution >= 4 is 11.8 Å². The molecule has 0 aromatic heterocycles. The highest BCUT2D eigenvalue weighted by Gasteiger charge is 2.34. The van der Waals surface area contributed by atoms with Gasteiger partial charge in [-0.05, 0) is 51.7 Å². The molecule has 17 heavy (non-hydrogen) atoms. The number of rotatable bonds is 8. The molecule has 0 amide bonds. The average Bonchev–Trinajstić information content (AvgIpc) is 2.29. The lowest BCUT2D eigenvalue weighted by Crippen LogP contribution is -2.54. The fraction of sp³-hybridized carbons (Fsp3) is 1.00. The zero-order valence-electron chi connectivity index (χ0n) is 12.0. The summed E-state index contributed by atoms with van der Waals surface area (Å²) < 4.78 is 0. The molecule has 3 heteroatoms. The van der Waals surface area contributed by atoms with Gasteiger partial charge in [0.2, 0.25) is 0 Å². The monoisotopic (exact) mass is 258 g/mol. The van der Waals surface area contributed by atoms with Crippen LogP contribution in [-0.2, 0) is 0 Å². The summed E-state index contributed by atoms with van der Waals surface area (Å²) >= 11 is 1.94. The van der Waals surface area contributed by atoms with Gasteiger partial charge in [-0.3, -0.25) is 4.90 Å². The molecule has 1 saturated carbocycles. The molecule has 2 nitrogen and oxygen atoms in total. The van der Waals surface area contributed by atoms with E-state index in [1.165, 1.54) is 37.9 Å². The van der Waals surface area contributed by atoms with E-state index in [0.29, 0.717) is 6.04 Å². The van der Waals surface area contributed by atoms with E-state index in [-0.39, 0.29) is 5.54 Å². The minimum atomic E-state index is 0.197. The molecule has 2 N–H and O–H groups in total. The zero-order chi connectivity index (χ0) is 12.9. The van der Waals surface area contributed by atoms with Gasteiger partial charge in [0.1, 0.15) is 0 Å². The van der Waals surface area contributed by atoms with Gasteiger partial charge >= 0.3 is 0 Å². The summed E-state index contributed by atoms with van der Waals surface area (Å²) in [5.41, 5.74) is 6.25. The van der Waals surface area contributed by atoms with Crippen LogP contribution in [0, 0.1) is 5.92 Å². The van der Waals surface area contributed by atoms with E-state index in [2.05, 4.69) is 32.1 Å². The van der Waals surface area contributed by atoms with E-state index in [9.17, 15) is 0 Å². The lowest BCUT2D eigenvalue weighted by molar-refractivity contribution is 0.0597. The van der Waals surface area contributed by atoms with E-state index in [1.54, 1.807) is 0 Å². The molecule has 1 aliphatic rings. The second-order valence-electron chi connectivity index (χ2n) is 5.94. The quantitative estimate of drug-likeness (QED) is 0.726. The topological polar surface area (TPSA) is 29.3 Å². The predicted octanol–water partition coefficient (Wildman–Crippen LogP) is 2.97. The first-order valence-electron chi connectivity index (χ1n) is 6.95.